The van der Waals surface area contributed by atoms with E-state index in [0.29, 0.717) is 15.6 Å². The number of esters is 1. The Hall–Kier alpha value is -1.75. The third-order valence-electron chi connectivity index (χ3n) is 5.43. The first-order chi connectivity index (χ1) is 13.0. The number of carbonyl (C=O) groups excluding carboxylic acids is 1. The summed E-state index contributed by atoms with van der Waals surface area (Å²) in [4.78, 5) is 11.9. The molecule has 1 N–H and O–H groups in total. The van der Waals surface area contributed by atoms with Gasteiger partial charge in [-0.3, -0.25) is 0 Å². The molecule has 2 aliphatic rings. The average Bonchev–Trinajstić information content (AvgIpc) is 2.67. The maximum atomic E-state index is 11.9. The molecule has 1 saturated heterocycles. The molecule has 1 fully saturated rings. The number of rotatable bonds is 2. The minimum absolute atomic E-state index is 0.00677. The second kappa shape index (κ2) is 7.34. The zero-order valence-corrected chi connectivity index (χ0v) is 16.7. The van der Waals surface area contributed by atoms with Crippen molar-refractivity contribution in [1.82, 2.24) is 0 Å². The van der Waals surface area contributed by atoms with E-state index in [1.165, 1.54) is 18.2 Å². The summed E-state index contributed by atoms with van der Waals surface area (Å²) in [5.74, 6) is -0.242. The molecule has 6 heteroatoms. The van der Waals surface area contributed by atoms with E-state index in [-0.39, 0.29) is 18.1 Å². The van der Waals surface area contributed by atoms with Gasteiger partial charge in [0.05, 0.1) is 24.8 Å². The number of fused-ring (bicyclic) bond motifs is 3. The van der Waals surface area contributed by atoms with Crippen LogP contribution in [0, 0.1) is 12.8 Å². The van der Waals surface area contributed by atoms with Crippen LogP contribution in [0.4, 0.5) is 5.69 Å². The van der Waals surface area contributed by atoms with Gasteiger partial charge in [0.2, 0.25) is 0 Å². The SMILES string of the molecule is COC(=O)c1cc(Cl)c([C@H]2Nc3ccc(C)cc3[C@@H]3OCCC[C@H]23)c(Cl)c1. The molecule has 0 amide bonds. The third-order valence-corrected chi connectivity index (χ3v) is 6.06. The number of hydrogen-bond acceptors (Lipinski definition) is 4. The Kier molecular flexibility index (Phi) is 5.06. The topological polar surface area (TPSA) is 47.6 Å². The zero-order valence-electron chi connectivity index (χ0n) is 15.2. The number of hydrogen-bond donors (Lipinski definition) is 1. The van der Waals surface area contributed by atoms with Crippen LogP contribution in [-0.4, -0.2) is 19.7 Å². The first-order valence-corrected chi connectivity index (χ1v) is 9.81. The quantitative estimate of drug-likeness (QED) is 0.648. The van der Waals surface area contributed by atoms with Crippen LogP contribution in [0.15, 0.2) is 30.3 Å². The molecular formula is C21H21Cl2NO3. The van der Waals surface area contributed by atoms with Crippen molar-refractivity contribution in [3.63, 3.8) is 0 Å². The molecule has 0 aliphatic carbocycles. The van der Waals surface area contributed by atoms with Crippen LogP contribution in [0.3, 0.4) is 0 Å². The molecule has 0 saturated carbocycles. The van der Waals surface area contributed by atoms with Crippen LogP contribution >= 0.6 is 23.2 Å². The number of anilines is 1. The number of carbonyl (C=O) groups is 1. The van der Waals surface area contributed by atoms with Gasteiger partial charge >= 0.3 is 5.97 Å². The van der Waals surface area contributed by atoms with Crippen molar-refractivity contribution in [2.45, 2.75) is 31.9 Å². The van der Waals surface area contributed by atoms with Crippen molar-refractivity contribution in [2.24, 2.45) is 5.92 Å². The number of nitrogens with one attached hydrogen (secondary N) is 1. The van der Waals surface area contributed by atoms with Crippen LogP contribution in [0.5, 0.6) is 0 Å². The van der Waals surface area contributed by atoms with Gasteiger partial charge in [-0.2, -0.15) is 0 Å². The van der Waals surface area contributed by atoms with Crippen LogP contribution in [0.1, 0.15) is 52.0 Å². The van der Waals surface area contributed by atoms with E-state index in [4.69, 9.17) is 32.7 Å². The van der Waals surface area contributed by atoms with Crippen LogP contribution in [0.2, 0.25) is 10.0 Å². The molecule has 0 radical (unpaired) electrons. The van der Waals surface area contributed by atoms with Crippen molar-refractivity contribution in [2.75, 3.05) is 19.0 Å². The van der Waals surface area contributed by atoms with Crippen molar-refractivity contribution in [1.29, 1.82) is 0 Å². The van der Waals surface area contributed by atoms with E-state index in [1.54, 1.807) is 12.1 Å². The molecule has 142 valence electrons. The van der Waals surface area contributed by atoms with Gasteiger partial charge in [0.25, 0.3) is 0 Å². The fraction of sp³-hybridized carbons (Fsp3) is 0.381. The predicted molar refractivity (Wildman–Crippen MR) is 107 cm³/mol. The Bertz CT molecular complexity index is 876. The molecule has 2 heterocycles. The highest BCUT2D eigenvalue weighted by Gasteiger charge is 2.41. The van der Waals surface area contributed by atoms with Crippen molar-refractivity contribution in [3.8, 4) is 0 Å². The zero-order chi connectivity index (χ0) is 19.1. The fourth-order valence-corrected chi connectivity index (χ4v) is 4.92. The first-order valence-electron chi connectivity index (χ1n) is 9.05. The smallest absolute Gasteiger partial charge is 0.337 e. The summed E-state index contributed by atoms with van der Waals surface area (Å²) in [5, 5.41) is 4.54. The summed E-state index contributed by atoms with van der Waals surface area (Å²) >= 11 is 13.2. The highest BCUT2D eigenvalue weighted by molar-refractivity contribution is 6.36. The molecule has 0 bridgehead atoms. The van der Waals surface area contributed by atoms with E-state index in [9.17, 15) is 4.79 Å². The number of halogens is 2. The molecule has 4 nitrogen and oxygen atoms in total. The summed E-state index contributed by atoms with van der Waals surface area (Å²) in [7, 11) is 1.34. The average molecular weight is 406 g/mol. The van der Waals surface area contributed by atoms with Gasteiger partial charge in [-0.1, -0.05) is 40.9 Å². The minimum Gasteiger partial charge on any atom is -0.465 e. The fourth-order valence-electron chi connectivity index (χ4n) is 4.19. The summed E-state index contributed by atoms with van der Waals surface area (Å²) in [6, 6.07) is 9.51. The molecule has 0 unspecified atom stereocenters. The van der Waals surface area contributed by atoms with Crippen LogP contribution in [0.25, 0.3) is 0 Å². The van der Waals surface area contributed by atoms with Gasteiger partial charge in [0.15, 0.2) is 0 Å². The molecule has 2 aromatic carbocycles. The standard InChI is InChI=1S/C21H21Cl2NO3/c1-11-5-6-17-14(8-11)20-13(4-3-7-27-20)19(24-17)18-15(22)9-12(10-16(18)23)21(25)26-2/h5-6,8-10,13,19-20,24H,3-4,7H2,1-2H3/t13-,19+,20-/m1/s1. The highest BCUT2D eigenvalue weighted by Crippen LogP contribution is 2.51. The molecule has 4 rings (SSSR count). The Balaban J connectivity index is 1.79. The van der Waals surface area contributed by atoms with Gasteiger partial charge in [0.1, 0.15) is 0 Å². The lowest BCUT2D eigenvalue weighted by molar-refractivity contribution is -0.0381. The lowest BCUT2D eigenvalue weighted by Gasteiger charge is -2.44. The van der Waals surface area contributed by atoms with Crippen molar-refractivity contribution >= 4 is 34.9 Å². The predicted octanol–water partition coefficient (Wildman–Crippen LogP) is 5.72. The summed E-state index contributed by atoms with van der Waals surface area (Å²) in [6.07, 6.45) is 2.02. The van der Waals surface area contributed by atoms with E-state index in [2.05, 4.69) is 30.4 Å². The van der Waals surface area contributed by atoms with Gasteiger partial charge < -0.3 is 14.8 Å². The largest absolute Gasteiger partial charge is 0.465 e. The van der Waals surface area contributed by atoms with E-state index in [1.807, 2.05) is 0 Å². The molecule has 0 spiro atoms. The number of benzene rings is 2. The molecular weight excluding hydrogens is 385 g/mol. The Morgan fingerprint density at radius 2 is 1.96 bits per heavy atom. The summed E-state index contributed by atoms with van der Waals surface area (Å²) in [5.41, 5.74) is 4.59. The Morgan fingerprint density at radius 3 is 2.67 bits per heavy atom. The molecule has 2 aliphatic heterocycles. The summed E-state index contributed by atoms with van der Waals surface area (Å²) < 4.78 is 11.0. The Morgan fingerprint density at radius 1 is 1.22 bits per heavy atom. The number of methoxy groups -OCH3 is 1. The lowest BCUT2D eigenvalue weighted by Crippen LogP contribution is -2.36. The molecule has 27 heavy (non-hydrogen) atoms. The highest BCUT2D eigenvalue weighted by atomic mass is 35.5. The molecule has 3 atom stereocenters. The Labute approximate surface area is 168 Å². The van der Waals surface area contributed by atoms with Crippen molar-refractivity contribution < 1.29 is 14.3 Å². The van der Waals surface area contributed by atoms with Gasteiger partial charge in [0, 0.05) is 39.4 Å². The first kappa shape index (κ1) is 18.6. The van der Waals surface area contributed by atoms with E-state index < -0.39 is 5.97 Å². The number of ether oxygens (including phenoxy) is 2. The van der Waals surface area contributed by atoms with Gasteiger partial charge in [-0.05, 0) is 38.0 Å². The normalized spacial score (nSPS) is 23.8. The van der Waals surface area contributed by atoms with Gasteiger partial charge in [-0.25, -0.2) is 4.79 Å². The van der Waals surface area contributed by atoms with E-state index >= 15 is 0 Å². The molecule has 0 aromatic heterocycles. The molecule has 2 aromatic rings. The van der Waals surface area contributed by atoms with Crippen LogP contribution in [-0.2, 0) is 9.47 Å². The van der Waals surface area contributed by atoms with Crippen molar-refractivity contribution in [3.05, 3.63) is 62.6 Å². The third kappa shape index (κ3) is 3.31. The lowest BCUT2D eigenvalue weighted by atomic mass is 9.77. The summed E-state index contributed by atoms with van der Waals surface area (Å²) in [6.45, 7) is 2.84. The van der Waals surface area contributed by atoms with Gasteiger partial charge in [-0.15, -0.1) is 0 Å². The van der Waals surface area contributed by atoms with E-state index in [0.717, 1.165) is 30.7 Å². The maximum Gasteiger partial charge on any atom is 0.337 e. The second-order valence-corrected chi connectivity index (χ2v) is 7.97. The second-order valence-electron chi connectivity index (χ2n) is 7.16. The minimum atomic E-state index is -0.457. The monoisotopic (exact) mass is 405 g/mol. The number of aryl methyl sites for hydroxylation is 1. The van der Waals surface area contributed by atoms with Crippen LogP contribution < -0.4 is 5.32 Å². The maximum absolute atomic E-state index is 11.9.